The number of carbonyl (C=O) groups excluding carboxylic acids is 2. The minimum Gasteiger partial charge on any atom is -0.494 e. The van der Waals surface area contributed by atoms with E-state index in [1.807, 2.05) is 46.8 Å². The van der Waals surface area contributed by atoms with Gasteiger partial charge in [-0.1, -0.05) is 26.0 Å². The number of hydrogen-bond donors (Lipinski definition) is 3. The van der Waals surface area contributed by atoms with Gasteiger partial charge in [-0.15, -0.1) is 0 Å². The van der Waals surface area contributed by atoms with E-state index in [9.17, 15) is 23.1 Å². The van der Waals surface area contributed by atoms with Gasteiger partial charge >= 0.3 is 12.2 Å². The normalized spacial score (nSPS) is 20.6. The van der Waals surface area contributed by atoms with Crippen LogP contribution >= 0.6 is 0 Å². The molecule has 2 aromatic rings. The van der Waals surface area contributed by atoms with E-state index >= 15 is 0 Å². The number of rotatable bonds is 17. The molecule has 0 aromatic heterocycles. The number of amides is 2. The Bertz CT molecular complexity index is 1630. The predicted octanol–water partition coefficient (Wildman–Crippen LogP) is 4.21. The van der Waals surface area contributed by atoms with Gasteiger partial charge in [0.05, 0.1) is 42.8 Å². The molecule has 5 atom stereocenters. The summed E-state index contributed by atoms with van der Waals surface area (Å²) in [6.07, 6.45) is -1.15. The Morgan fingerprint density at radius 2 is 1.75 bits per heavy atom. The summed E-state index contributed by atoms with van der Waals surface area (Å²) in [5.41, 5.74) is 0.214. The molecule has 0 bridgehead atoms. The van der Waals surface area contributed by atoms with Crippen molar-refractivity contribution in [1.29, 1.82) is 0 Å². The summed E-state index contributed by atoms with van der Waals surface area (Å²) >= 11 is 0. The topological polar surface area (TPSA) is 180 Å². The van der Waals surface area contributed by atoms with E-state index in [2.05, 4.69) is 10.6 Å². The van der Waals surface area contributed by atoms with Crippen LogP contribution in [-0.2, 0) is 35.4 Å². The Balaban J connectivity index is 1.23. The van der Waals surface area contributed by atoms with Crippen LogP contribution in [0.15, 0.2) is 47.4 Å². The molecule has 5 unspecified atom stereocenters. The molecular formula is C37H53N3O12S. The molecular weight excluding hydrogens is 710 g/mol. The molecule has 0 spiro atoms. The zero-order valence-electron chi connectivity index (χ0n) is 31.1. The second-order valence-corrected chi connectivity index (χ2v) is 16.8. The molecule has 2 fully saturated rings. The maximum absolute atomic E-state index is 13.9. The number of benzene rings is 2. The molecule has 2 aromatic carbocycles. The quantitative estimate of drug-likeness (QED) is 0.196. The molecule has 16 heteroatoms. The largest absolute Gasteiger partial charge is 0.494 e. The van der Waals surface area contributed by atoms with Crippen LogP contribution < -0.4 is 24.8 Å². The van der Waals surface area contributed by atoms with Gasteiger partial charge in [0.15, 0.2) is 17.8 Å². The number of alkyl carbamates (subject to hydrolysis) is 2. The SMILES string of the molecule is CC(C)CN(CC(O)C(Cc1ccc(OCCCCNC(=O)OC(C)(C)C)cc1)NC(=O)OC1COC2OCCC12)S(=O)(=O)c1ccc2c(c1)OCO2. The summed E-state index contributed by atoms with van der Waals surface area (Å²) in [6.45, 7) is 10.6. The van der Waals surface area contributed by atoms with E-state index in [4.69, 9.17) is 33.2 Å². The van der Waals surface area contributed by atoms with E-state index < -0.39 is 52.4 Å². The van der Waals surface area contributed by atoms with Crippen LogP contribution in [0.25, 0.3) is 0 Å². The Hall–Kier alpha value is -3.83. The molecule has 294 valence electrons. The lowest BCUT2D eigenvalue weighted by atomic mass is 10.0. The number of carbonyl (C=O) groups is 2. The molecule has 2 amide bonds. The van der Waals surface area contributed by atoms with Crippen LogP contribution in [-0.4, -0.2) is 106 Å². The number of hydrogen-bond acceptors (Lipinski definition) is 12. The highest BCUT2D eigenvalue weighted by atomic mass is 32.2. The van der Waals surface area contributed by atoms with Crippen molar-refractivity contribution < 1.29 is 56.3 Å². The van der Waals surface area contributed by atoms with E-state index in [1.165, 1.54) is 16.4 Å². The van der Waals surface area contributed by atoms with Gasteiger partial charge in [-0.05, 0) is 82.2 Å². The van der Waals surface area contributed by atoms with E-state index in [0.29, 0.717) is 56.3 Å². The molecule has 0 radical (unpaired) electrons. The van der Waals surface area contributed by atoms with Gasteiger partial charge in [0.1, 0.15) is 17.5 Å². The van der Waals surface area contributed by atoms with Gasteiger partial charge in [-0.3, -0.25) is 0 Å². The molecule has 3 heterocycles. The first-order chi connectivity index (χ1) is 25.2. The van der Waals surface area contributed by atoms with Crippen molar-refractivity contribution in [1.82, 2.24) is 14.9 Å². The Morgan fingerprint density at radius 1 is 1.00 bits per heavy atom. The highest BCUT2D eigenvalue weighted by molar-refractivity contribution is 7.89. The van der Waals surface area contributed by atoms with E-state index in [-0.39, 0.29) is 49.6 Å². The molecule has 15 nitrogen and oxygen atoms in total. The van der Waals surface area contributed by atoms with Crippen LogP contribution in [0.5, 0.6) is 17.2 Å². The van der Waals surface area contributed by atoms with Crippen molar-refractivity contribution in [3.05, 3.63) is 48.0 Å². The first kappa shape index (κ1) is 40.4. The lowest BCUT2D eigenvalue weighted by molar-refractivity contribution is -0.0907. The van der Waals surface area contributed by atoms with Crippen LogP contribution in [0.4, 0.5) is 9.59 Å². The van der Waals surface area contributed by atoms with Gasteiger partial charge in [-0.25, -0.2) is 18.0 Å². The molecule has 53 heavy (non-hydrogen) atoms. The van der Waals surface area contributed by atoms with Crippen molar-refractivity contribution in [2.24, 2.45) is 11.8 Å². The number of aliphatic hydroxyl groups excluding tert-OH is 1. The number of sulfonamides is 1. The van der Waals surface area contributed by atoms with Crippen LogP contribution in [0.3, 0.4) is 0 Å². The maximum Gasteiger partial charge on any atom is 0.407 e. The smallest absolute Gasteiger partial charge is 0.407 e. The highest BCUT2D eigenvalue weighted by Gasteiger charge is 2.44. The minimum atomic E-state index is -4.09. The first-order valence-corrected chi connectivity index (χ1v) is 19.6. The standard InChI is InChI=1S/C37H53N3O12S/c1-24(2)20-40(53(44,45)27-12-13-31-32(19-27)50-23-49-31)21-30(41)29(39-36(43)51-33-22-48-34-28(33)14-17-47-34)18-25-8-10-26(11-9-25)46-16-7-6-15-38-35(42)52-37(3,4)5/h8-13,19,24,28-30,33-34,41H,6-7,14-18,20-23H2,1-5H3,(H,38,42)(H,39,43). The average molecular weight is 764 g/mol. The summed E-state index contributed by atoms with van der Waals surface area (Å²) in [5, 5.41) is 17.2. The third-order valence-corrected chi connectivity index (χ3v) is 10.7. The number of unbranched alkanes of at least 4 members (excludes halogenated alkanes) is 1. The number of fused-ring (bicyclic) bond motifs is 2. The van der Waals surface area contributed by atoms with Crippen molar-refractivity contribution in [2.75, 3.05) is 46.2 Å². The lowest BCUT2D eigenvalue weighted by Gasteiger charge is -2.31. The maximum atomic E-state index is 13.9. The summed E-state index contributed by atoms with van der Waals surface area (Å²) in [6, 6.07) is 10.7. The summed E-state index contributed by atoms with van der Waals surface area (Å²) in [7, 11) is -4.09. The van der Waals surface area contributed by atoms with Gasteiger partial charge in [-0.2, -0.15) is 4.31 Å². The van der Waals surface area contributed by atoms with Crippen molar-refractivity contribution in [2.45, 2.75) is 95.3 Å². The second-order valence-electron chi connectivity index (χ2n) is 14.9. The summed E-state index contributed by atoms with van der Waals surface area (Å²) < 4.78 is 67.9. The third kappa shape index (κ3) is 11.6. The lowest BCUT2D eigenvalue weighted by Crippen LogP contribution is -2.51. The van der Waals surface area contributed by atoms with Crippen LogP contribution in [0.2, 0.25) is 0 Å². The van der Waals surface area contributed by atoms with Gasteiger partial charge in [0, 0.05) is 25.7 Å². The van der Waals surface area contributed by atoms with Gasteiger partial charge < -0.3 is 48.9 Å². The van der Waals surface area contributed by atoms with Crippen LogP contribution in [0.1, 0.15) is 59.4 Å². The number of ether oxygens (including phenoxy) is 7. The number of aliphatic hydroxyl groups is 1. The first-order valence-electron chi connectivity index (χ1n) is 18.1. The zero-order chi connectivity index (χ0) is 38.2. The fourth-order valence-electron chi connectivity index (χ4n) is 6.25. The van der Waals surface area contributed by atoms with E-state index in [1.54, 1.807) is 18.2 Å². The van der Waals surface area contributed by atoms with Crippen molar-refractivity contribution in [3.63, 3.8) is 0 Å². The molecule has 5 rings (SSSR count). The van der Waals surface area contributed by atoms with Gasteiger partial charge in [0.2, 0.25) is 16.8 Å². The molecule has 2 saturated heterocycles. The van der Waals surface area contributed by atoms with Crippen LogP contribution in [0, 0.1) is 11.8 Å². The fourth-order valence-corrected chi connectivity index (χ4v) is 7.89. The molecule has 0 aliphatic carbocycles. The fraction of sp³-hybridized carbons (Fsp3) is 0.622. The molecule has 3 aliphatic rings. The molecule has 3 N–H and O–H groups in total. The summed E-state index contributed by atoms with van der Waals surface area (Å²) in [4.78, 5) is 25.1. The average Bonchev–Trinajstić information content (AvgIpc) is 3.84. The third-order valence-electron chi connectivity index (χ3n) is 8.84. The summed E-state index contributed by atoms with van der Waals surface area (Å²) in [5.74, 6) is 1.26. The minimum absolute atomic E-state index is 0.000311. The predicted molar refractivity (Wildman–Crippen MR) is 192 cm³/mol. The highest BCUT2D eigenvalue weighted by Crippen LogP contribution is 2.35. The van der Waals surface area contributed by atoms with E-state index in [0.717, 1.165) is 5.56 Å². The second kappa shape index (κ2) is 18.0. The van der Waals surface area contributed by atoms with Crippen molar-refractivity contribution >= 4 is 22.2 Å². The molecule has 3 aliphatic heterocycles. The molecule has 0 saturated carbocycles. The zero-order valence-corrected chi connectivity index (χ0v) is 31.9. The Kier molecular flexibility index (Phi) is 13.7. The number of nitrogens with zero attached hydrogens (tertiary/aromatic N) is 1. The van der Waals surface area contributed by atoms with Crippen molar-refractivity contribution in [3.8, 4) is 17.2 Å². The Labute approximate surface area is 311 Å². The number of nitrogens with one attached hydrogen (secondary N) is 2. The monoisotopic (exact) mass is 763 g/mol. The Morgan fingerprint density at radius 3 is 2.49 bits per heavy atom. The van der Waals surface area contributed by atoms with Gasteiger partial charge in [0.25, 0.3) is 0 Å².